The van der Waals surface area contributed by atoms with Gasteiger partial charge in [-0.05, 0) is 49.5 Å². The molecule has 52 heavy (non-hydrogen) atoms. The number of H-pyrrole nitrogens is 1. The molecule has 1 aromatic heterocycles. The molecule has 282 valence electrons. The molecule has 1 heterocycles. The molecular weight excluding hydrogens is 691 g/mol. The summed E-state index contributed by atoms with van der Waals surface area (Å²) in [5, 5.41) is 23.9. The molecule has 3 rings (SSSR count). The number of hydrogen-bond acceptors (Lipinski definition) is 9. The van der Waals surface area contributed by atoms with Crippen molar-refractivity contribution in [2.75, 3.05) is 31.8 Å². The van der Waals surface area contributed by atoms with Crippen LogP contribution in [0.5, 0.6) is 0 Å². The van der Waals surface area contributed by atoms with Crippen molar-refractivity contribution in [3.05, 3.63) is 71.9 Å². The summed E-state index contributed by atoms with van der Waals surface area (Å²) in [5.41, 5.74) is 7.85. The smallest absolute Gasteiger partial charge is 0.305 e. The first-order chi connectivity index (χ1) is 24.9. The maximum absolute atomic E-state index is 13.9. The van der Waals surface area contributed by atoms with E-state index in [-0.39, 0.29) is 19.3 Å². The molecule has 9 N–H and O–H groups in total. The fourth-order valence-electron chi connectivity index (χ4n) is 5.39. The zero-order valence-corrected chi connectivity index (χ0v) is 30.4. The zero-order valence-electron chi connectivity index (χ0n) is 29.6. The number of carbonyl (C=O) groups is 6. The zero-order chi connectivity index (χ0) is 38.0. The lowest BCUT2D eigenvalue weighted by molar-refractivity contribution is -0.141. The minimum absolute atomic E-state index is 0.0479. The predicted octanol–water partition coefficient (Wildman–Crippen LogP) is 0.620. The molecule has 0 aliphatic rings. The highest BCUT2D eigenvalue weighted by molar-refractivity contribution is 7.98. The fourth-order valence-corrected chi connectivity index (χ4v) is 5.86. The molecule has 15 nitrogen and oxygen atoms in total. The number of carbonyl (C=O) groups excluding carboxylic acids is 5. The maximum Gasteiger partial charge on any atom is 0.305 e. The predicted molar refractivity (Wildman–Crippen MR) is 198 cm³/mol. The van der Waals surface area contributed by atoms with Gasteiger partial charge in [-0.1, -0.05) is 48.5 Å². The van der Waals surface area contributed by atoms with E-state index in [2.05, 4.69) is 31.6 Å². The van der Waals surface area contributed by atoms with Crippen LogP contribution >= 0.6 is 11.8 Å². The Morgan fingerprint density at radius 1 is 0.827 bits per heavy atom. The second-order valence-electron chi connectivity index (χ2n) is 12.2. The summed E-state index contributed by atoms with van der Waals surface area (Å²) in [5.74, 6) is -4.64. The van der Waals surface area contributed by atoms with Crippen LogP contribution in [0.2, 0.25) is 0 Å². The third-order valence-electron chi connectivity index (χ3n) is 8.22. The number of ether oxygens (including phenoxy) is 1. The fraction of sp³-hybridized carbons (Fsp3) is 0.444. The van der Waals surface area contributed by atoms with Crippen molar-refractivity contribution >= 4 is 58.2 Å². The number of nitrogens with two attached hydrogens (primary N) is 1. The Morgan fingerprint density at radius 3 is 2.12 bits per heavy atom. The van der Waals surface area contributed by atoms with E-state index in [0.29, 0.717) is 31.1 Å². The Kier molecular flexibility index (Phi) is 17.1. The van der Waals surface area contributed by atoms with Crippen molar-refractivity contribution in [3.8, 4) is 0 Å². The van der Waals surface area contributed by atoms with Gasteiger partial charge in [0.15, 0.2) is 0 Å². The molecule has 0 saturated heterocycles. The summed E-state index contributed by atoms with van der Waals surface area (Å²) in [7, 11) is 0. The second kappa shape index (κ2) is 21.4. The van der Waals surface area contributed by atoms with Crippen molar-refractivity contribution in [1.82, 2.24) is 31.6 Å². The number of rotatable bonds is 23. The Balaban J connectivity index is 1.81. The van der Waals surface area contributed by atoms with E-state index in [1.807, 2.05) is 37.4 Å². The Morgan fingerprint density at radius 2 is 1.44 bits per heavy atom. The Labute approximate surface area is 306 Å². The van der Waals surface area contributed by atoms with Crippen LogP contribution < -0.4 is 32.3 Å². The number of aromatic nitrogens is 1. The molecule has 0 spiro atoms. The number of nitrogens with one attached hydrogen (secondary N) is 6. The van der Waals surface area contributed by atoms with Crippen molar-refractivity contribution in [1.29, 1.82) is 0 Å². The first-order valence-electron chi connectivity index (χ1n) is 17.0. The quantitative estimate of drug-likeness (QED) is 0.0632. The van der Waals surface area contributed by atoms with Gasteiger partial charge in [0.1, 0.15) is 24.2 Å². The van der Waals surface area contributed by atoms with E-state index in [9.17, 15) is 33.9 Å². The highest BCUT2D eigenvalue weighted by Gasteiger charge is 2.33. The summed E-state index contributed by atoms with van der Waals surface area (Å²) >= 11 is 1.41. The molecule has 3 aromatic rings. The van der Waals surface area contributed by atoms with E-state index in [0.717, 1.165) is 16.5 Å². The minimum Gasteiger partial charge on any atom is -0.481 e. The van der Waals surface area contributed by atoms with Crippen molar-refractivity contribution in [3.63, 3.8) is 0 Å². The number of benzene rings is 2. The number of amides is 5. The average Bonchev–Trinajstić information content (AvgIpc) is 3.53. The number of para-hydroxylation sites is 1. The summed E-state index contributed by atoms with van der Waals surface area (Å²) in [6.07, 6.45) is 3.03. The van der Waals surface area contributed by atoms with Gasteiger partial charge in [0.25, 0.3) is 0 Å². The molecule has 16 heteroatoms. The standard InChI is InChI=1S/C36H49N7O8S/c1-4-51-16-15-38-22(2)33(47)42-29(19-24-21-39-26-13-9-8-12-25(24)26)35(49)40-27(14-17-52-3)34(48)43-30(20-31(44)45)36(50)41-28(32(37)46)18-23-10-6-5-7-11-23/h5-13,21-22,27-30,38-39H,4,14-20H2,1-3H3,(H2,37,46)(H,40,49)(H,41,50)(H,42,47)(H,43,48)(H,44,45)/t22-,27-,28-,29-,30-/m0/s1. The van der Waals surface area contributed by atoms with Crippen molar-refractivity contribution in [2.24, 2.45) is 5.73 Å². The van der Waals surface area contributed by atoms with E-state index >= 15 is 0 Å². The average molecular weight is 740 g/mol. The van der Waals surface area contributed by atoms with Gasteiger partial charge in [0.2, 0.25) is 29.5 Å². The first-order valence-corrected chi connectivity index (χ1v) is 18.4. The van der Waals surface area contributed by atoms with E-state index < -0.39 is 72.1 Å². The van der Waals surface area contributed by atoms with Gasteiger partial charge < -0.3 is 47.1 Å². The van der Waals surface area contributed by atoms with Gasteiger partial charge in [-0.15, -0.1) is 0 Å². The van der Waals surface area contributed by atoms with Crippen LogP contribution in [0.4, 0.5) is 0 Å². The summed E-state index contributed by atoms with van der Waals surface area (Å²) in [4.78, 5) is 81.4. The largest absolute Gasteiger partial charge is 0.481 e. The molecule has 2 aromatic carbocycles. The molecule has 0 fully saturated rings. The number of carboxylic acids is 1. The molecule has 0 bridgehead atoms. The van der Waals surface area contributed by atoms with Crippen molar-refractivity contribution < 1.29 is 38.6 Å². The summed E-state index contributed by atoms with van der Waals surface area (Å²) < 4.78 is 5.33. The topological polar surface area (TPSA) is 234 Å². The van der Waals surface area contributed by atoms with Gasteiger partial charge in [0, 0.05) is 43.1 Å². The number of carboxylic acid groups (broad SMARTS) is 1. The highest BCUT2D eigenvalue weighted by atomic mass is 32.2. The van der Waals surface area contributed by atoms with Crippen LogP contribution in [0.25, 0.3) is 10.9 Å². The lowest BCUT2D eigenvalue weighted by Gasteiger charge is -2.26. The molecule has 0 unspecified atom stereocenters. The molecular formula is C36H49N7O8S. The van der Waals surface area contributed by atoms with Gasteiger partial charge in [-0.2, -0.15) is 11.8 Å². The molecule has 0 saturated carbocycles. The third-order valence-corrected chi connectivity index (χ3v) is 8.87. The van der Waals surface area contributed by atoms with E-state index in [1.165, 1.54) is 11.8 Å². The number of thioether (sulfide) groups is 1. The monoisotopic (exact) mass is 739 g/mol. The Hall–Kier alpha value is -4.93. The van der Waals surface area contributed by atoms with Gasteiger partial charge in [0.05, 0.1) is 19.1 Å². The molecule has 0 aliphatic carbocycles. The minimum atomic E-state index is -1.60. The summed E-state index contributed by atoms with van der Waals surface area (Å²) in [6.45, 7) is 4.87. The number of primary amides is 1. The number of hydrogen-bond donors (Lipinski definition) is 8. The van der Waals surface area contributed by atoms with Gasteiger partial charge >= 0.3 is 5.97 Å². The second-order valence-corrected chi connectivity index (χ2v) is 13.1. The molecule has 5 atom stereocenters. The summed E-state index contributed by atoms with van der Waals surface area (Å²) in [6, 6.07) is 10.5. The SMILES string of the molecule is CCOCCN[C@@H](C)C(=O)N[C@@H](Cc1c[nH]c2ccccc12)C(=O)N[C@@H](CCSC)C(=O)N[C@@H](CC(=O)O)C(=O)N[C@@H](Cc1ccccc1)C(N)=O. The normalized spacial score (nSPS) is 14.0. The molecule has 0 aliphatic heterocycles. The van der Waals surface area contributed by atoms with Crippen LogP contribution in [0, 0.1) is 0 Å². The number of aliphatic carboxylic acids is 1. The van der Waals surface area contributed by atoms with Gasteiger partial charge in [-0.3, -0.25) is 28.8 Å². The van der Waals surface area contributed by atoms with Crippen LogP contribution in [-0.4, -0.2) is 108 Å². The molecule has 0 radical (unpaired) electrons. The Bertz CT molecular complexity index is 1650. The lowest BCUT2D eigenvalue weighted by atomic mass is 10.0. The number of fused-ring (bicyclic) bond motifs is 1. The van der Waals surface area contributed by atoms with Crippen LogP contribution in [-0.2, 0) is 46.3 Å². The van der Waals surface area contributed by atoms with Crippen LogP contribution in [0.15, 0.2) is 60.8 Å². The van der Waals surface area contributed by atoms with Crippen LogP contribution in [0.1, 0.15) is 37.8 Å². The molecule has 5 amide bonds. The third kappa shape index (κ3) is 13.3. The first kappa shape index (κ1) is 41.5. The van der Waals surface area contributed by atoms with Gasteiger partial charge in [-0.25, -0.2) is 0 Å². The highest BCUT2D eigenvalue weighted by Crippen LogP contribution is 2.19. The van der Waals surface area contributed by atoms with E-state index in [1.54, 1.807) is 43.5 Å². The number of aromatic amines is 1. The lowest BCUT2D eigenvalue weighted by Crippen LogP contribution is -2.59. The van der Waals surface area contributed by atoms with Crippen molar-refractivity contribution in [2.45, 2.75) is 69.7 Å². The van der Waals surface area contributed by atoms with Crippen LogP contribution in [0.3, 0.4) is 0 Å². The van der Waals surface area contributed by atoms with E-state index in [4.69, 9.17) is 10.5 Å². The maximum atomic E-state index is 13.9.